The van der Waals surface area contributed by atoms with Crippen molar-refractivity contribution >= 4 is 22.8 Å². The van der Waals surface area contributed by atoms with E-state index in [1.165, 1.54) is 5.56 Å². The fourth-order valence-electron chi connectivity index (χ4n) is 1.47. The zero-order valence-electron chi connectivity index (χ0n) is 9.18. The summed E-state index contributed by atoms with van der Waals surface area (Å²) < 4.78 is 0. The highest BCUT2D eigenvalue weighted by atomic mass is 32.1. The summed E-state index contributed by atoms with van der Waals surface area (Å²) in [6.45, 7) is 0.752. The normalized spacial score (nSPS) is 9.82. The van der Waals surface area contributed by atoms with Crippen LogP contribution in [0.2, 0.25) is 0 Å². The molecule has 2 aromatic rings. The van der Waals surface area contributed by atoms with Crippen LogP contribution in [0.5, 0.6) is 0 Å². The maximum atomic E-state index is 8.94. The van der Waals surface area contributed by atoms with Crippen LogP contribution < -0.4 is 11.1 Å². The van der Waals surface area contributed by atoms with Crippen molar-refractivity contribution in [1.29, 1.82) is 5.26 Å². The second kappa shape index (κ2) is 5.32. The lowest BCUT2D eigenvalue weighted by molar-refractivity contribution is 1.01. The summed E-state index contributed by atoms with van der Waals surface area (Å²) in [7, 11) is 0. The van der Waals surface area contributed by atoms with Gasteiger partial charge in [0.15, 0.2) is 0 Å². The second-order valence-electron chi connectivity index (χ2n) is 3.58. The predicted octanol–water partition coefficient (Wildman–Crippen LogP) is 2.25. The van der Waals surface area contributed by atoms with Gasteiger partial charge in [-0.25, -0.2) is 4.98 Å². The Balaban J connectivity index is 1.97. The quantitative estimate of drug-likeness (QED) is 0.865. The predicted molar refractivity (Wildman–Crippen MR) is 69.9 cm³/mol. The topological polar surface area (TPSA) is 74.7 Å². The molecule has 0 aliphatic rings. The summed E-state index contributed by atoms with van der Waals surface area (Å²) >= 11 is 1.68. The number of thiophene rings is 1. The molecule has 0 saturated carbocycles. The standard InChI is InChI=1S/C12H12N4S/c13-6-10-5-11(14)7-16-12(10)15-3-1-9-2-4-17-8-9/h2,4-5,7-8H,1,3,14H2,(H,15,16). The van der Waals surface area contributed by atoms with Crippen LogP contribution in [0.15, 0.2) is 29.1 Å². The van der Waals surface area contributed by atoms with Crippen LogP contribution >= 0.6 is 11.3 Å². The Morgan fingerprint density at radius 1 is 1.53 bits per heavy atom. The lowest BCUT2D eigenvalue weighted by atomic mass is 10.2. The van der Waals surface area contributed by atoms with Crippen LogP contribution in [0.25, 0.3) is 0 Å². The molecule has 0 aliphatic heterocycles. The van der Waals surface area contributed by atoms with Gasteiger partial charge in [0, 0.05) is 6.54 Å². The third kappa shape index (κ3) is 2.95. The number of nitrogen functional groups attached to an aromatic ring is 1. The van der Waals surface area contributed by atoms with Crippen molar-refractivity contribution in [2.75, 3.05) is 17.6 Å². The van der Waals surface area contributed by atoms with Crippen LogP contribution in [-0.4, -0.2) is 11.5 Å². The SMILES string of the molecule is N#Cc1cc(N)cnc1NCCc1ccsc1. The molecule has 0 spiro atoms. The second-order valence-corrected chi connectivity index (χ2v) is 4.37. The van der Waals surface area contributed by atoms with Gasteiger partial charge in [-0.1, -0.05) is 0 Å². The van der Waals surface area contributed by atoms with Crippen molar-refractivity contribution in [3.63, 3.8) is 0 Å². The number of pyridine rings is 1. The first-order valence-corrected chi connectivity index (χ1v) is 6.14. The van der Waals surface area contributed by atoms with Crippen molar-refractivity contribution in [2.45, 2.75) is 6.42 Å². The molecule has 0 radical (unpaired) electrons. The molecule has 2 aromatic heterocycles. The molecular formula is C12H12N4S. The zero-order valence-corrected chi connectivity index (χ0v) is 10.00. The number of hydrogen-bond acceptors (Lipinski definition) is 5. The van der Waals surface area contributed by atoms with Crippen LogP contribution in [-0.2, 0) is 6.42 Å². The number of nitrogens with zero attached hydrogens (tertiary/aromatic N) is 2. The maximum absolute atomic E-state index is 8.94. The molecule has 2 heterocycles. The van der Waals surface area contributed by atoms with Crippen molar-refractivity contribution in [3.8, 4) is 6.07 Å². The number of anilines is 2. The highest BCUT2D eigenvalue weighted by Gasteiger charge is 2.03. The van der Waals surface area contributed by atoms with E-state index in [0.717, 1.165) is 13.0 Å². The van der Waals surface area contributed by atoms with Gasteiger partial charge in [0.25, 0.3) is 0 Å². The molecular weight excluding hydrogens is 232 g/mol. The Kier molecular flexibility index (Phi) is 3.58. The minimum atomic E-state index is 0.482. The van der Waals surface area contributed by atoms with Crippen LogP contribution in [0.4, 0.5) is 11.5 Å². The van der Waals surface area contributed by atoms with Crippen molar-refractivity contribution in [1.82, 2.24) is 4.98 Å². The molecule has 0 atom stereocenters. The minimum absolute atomic E-state index is 0.482. The van der Waals surface area contributed by atoms with E-state index in [0.29, 0.717) is 17.1 Å². The van der Waals surface area contributed by atoms with Crippen molar-refractivity contribution in [2.24, 2.45) is 0 Å². The maximum Gasteiger partial charge on any atom is 0.144 e. The van der Waals surface area contributed by atoms with Gasteiger partial charge in [-0.05, 0) is 34.9 Å². The van der Waals surface area contributed by atoms with Crippen LogP contribution in [0.1, 0.15) is 11.1 Å². The van der Waals surface area contributed by atoms with E-state index in [9.17, 15) is 0 Å². The van der Waals surface area contributed by atoms with E-state index in [2.05, 4.69) is 33.2 Å². The van der Waals surface area contributed by atoms with E-state index in [4.69, 9.17) is 11.0 Å². The molecule has 4 nitrogen and oxygen atoms in total. The molecule has 0 aromatic carbocycles. The molecule has 0 aliphatic carbocycles. The largest absolute Gasteiger partial charge is 0.397 e. The summed E-state index contributed by atoms with van der Waals surface area (Å²) in [5, 5.41) is 16.3. The average molecular weight is 244 g/mol. The Morgan fingerprint density at radius 2 is 2.41 bits per heavy atom. The Morgan fingerprint density at radius 3 is 3.12 bits per heavy atom. The molecule has 5 heteroatoms. The van der Waals surface area contributed by atoms with Gasteiger partial charge in [-0.3, -0.25) is 0 Å². The van der Waals surface area contributed by atoms with Gasteiger partial charge < -0.3 is 11.1 Å². The van der Waals surface area contributed by atoms with E-state index in [-0.39, 0.29) is 0 Å². The van der Waals surface area contributed by atoms with Gasteiger partial charge >= 0.3 is 0 Å². The lowest BCUT2D eigenvalue weighted by Crippen LogP contribution is -2.07. The van der Waals surface area contributed by atoms with Gasteiger partial charge in [0.1, 0.15) is 11.9 Å². The fourth-order valence-corrected chi connectivity index (χ4v) is 2.17. The number of nitrogens with one attached hydrogen (secondary N) is 1. The highest BCUT2D eigenvalue weighted by Crippen LogP contribution is 2.14. The highest BCUT2D eigenvalue weighted by molar-refractivity contribution is 7.07. The van der Waals surface area contributed by atoms with Gasteiger partial charge in [-0.2, -0.15) is 16.6 Å². The van der Waals surface area contributed by atoms with Gasteiger partial charge in [0.05, 0.1) is 17.4 Å². The molecule has 86 valence electrons. The first-order chi connectivity index (χ1) is 8.29. The minimum Gasteiger partial charge on any atom is -0.397 e. The van der Waals surface area contributed by atoms with Crippen LogP contribution in [0.3, 0.4) is 0 Å². The zero-order chi connectivity index (χ0) is 12.1. The Bertz CT molecular complexity index is 528. The van der Waals surface area contributed by atoms with E-state index >= 15 is 0 Å². The average Bonchev–Trinajstić information content (AvgIpc) is 2.84. The van der Waals surface area contributed by atoms with E-state index in [1.807, 2.05) is 0 Å². The Labute approximate surface area is 104 Å². The van der Waals surface area contributed by atoms with E-state index in [1.54, 1.807) is 23.6 Å². The first kappa shape index (κ1) is 11.4. The molecule has 0 unspecified atom stereocenters. The molecule has 2 rings (SSSR count). The lowest BCUT2D eigenvalue weighted by Gasteiger charge is -2.06. The van der Waals surface area contributed by atoms with Gasteiger partial charge in [0.2, 0.25) is 0 Å². The first-order valence-electron chi connectivity index (χ1n) is 5.20. The number of nitriles is 1. The van der Waals surface area contributed by atoms with E-state index < -0.39 is 0 Å². The summed E-state index contributed by atoms with van der Waals surface area (Å²) in [6.07, 6.45) is 2.47. The summed E-state index contributed by atoms with van der Waals surface area (Å²) in [5.41, 5.74) is 7.84. The summed E-state index contributed by atoms with van der Waals surface area (Å²) in [4.78, 5) is 4.11. The third-order valence-corrected chi connectivity index (χ3v) is 3.05. The molecule has 0 bridgehead atoms. The summed E-state index contributed by atoms with van der Waals surface area (Å²) in [5.74, 6) is 0.594. The number of hydrogen-bond donors (Lipinski definition) is 2. The van der Waals surface area contributed by atoms with Gasteiger partial charge in [-0.15, -0.1) is 0 Å². The smallest absolute Gasteiger partial charge is 0.144 e. The molecule has 0 fully saturated rings. The third-order valence-electron chi connectivity index (χ3n) is 2.32. The monoisotopic (exact) mass is 244 g/mol. The van der Waals surface area contributed by atoms with Crippen molar-refractivity contribution in [3.05, 3.63) is 40.2 Å². The van der Waals surface area contributed by atoms with Crippen molar-refractivity contribution < 1.29 is 0 Å². The number of rotatable bonds is 4. The summed E-state index contributed by atoms with van der Waals surface area (Å²) in [6, 6.07) is 5.79. The number of aromatic nitrogens is 1. The molecule has 0 saturated heterocycles. The Hall–Kier alpha value is -2.06. The fraction of sp³-hybridized carbons (Fsp3) is 0.167. The molecule has 3 N–H and O–H groups in total. The molecule has 17 heavy (non-hydrogen) atoms. The van der Waals surface area contributed by atoms with Crippen LogP contribution in [0, 0.1) is 11.3 Å². The molecule has 0 amide bonds. The number of nitrogens with two attached hydrogens (primary N) is 1.